The summed E-state index contributed by atoms with van der Waals surface area (Å²) in [7, 11) is 1.92. The quantitative estimate of drug-likeness (QED) is 0.641. The van der Waals surface area contributed by atoms with Gasteiger partial charge in [-0.1, -0.05) is 36.2 Å². The van der Waals surface area contributed by atoms with E-state index in [1.807, 2.05) is 29.0 Å². The van der Waals surface area contributed by atoms with Crippen LogP contribution in [0.25, 0.3) is 0 Å². The minimum absolute atomic E-state index is 0.00816. The molecule has 156 valence electrons. The molecule has 2 amide bonds. The highest BCUT2D eigenvalue weighted by atomic mass is 35.5. The van der Waals surface area contributed by atoms with Crippen LogP contribution in [0.1, 0.15) is 44.6 Å². The molecule has 1 fully saturated rings. The van der Waals surface area contributed by atoms with Crippen molar-refractivity contribution in [3.63, 3.8) is 0 Å². The molecule has 0 aliphatic carbocycles. The van der Waals surface area contributed by atoms with Gasteiger partial charge in [0.05, 0.1) is 10.0 Å². The molecule has 2 rings (SSSR count). The zero-order valence-corrected chi connectivity index (χ0v) is 18.5. The van der Waals surface area contributed by atoms with Crippen molar-refractivity contribution in [3.8, 4) is 0 Å². The lowest BCUT2D eigenvalue weighted by Gasteiger charge is -2.35. The molecule has 1 aromatic carbocycles. The number of carbonyl (C=O) groups is 2. The zero-order valence-electron chi connectivity index (χ0n) is 17.0. The van der Waals surface area contributed by atoms with Crippen LogP contribution in [0.15, 0.2) is 18.2 Å². The van der Waals surface area contributed by atoms with Crippen LogP contribution in [0.4, 0.5) is 0 Å². The van der Waals surface area contributed by atoms with Crippen molar-refractivity contribution in [2.24, 2.45) is 5.92 Å². The number of amides is 2. The van der Waals surface area contributed by atoms with Gasteiger partial charge >= 0.3 is 0 Å². The first-order chi connectivity index (χ1) is 13.3. The molecular weight excluding hydrogens is 397 g/mol. The predicted octanol–water partition coefficient (Wildman–Crippen LogP) is 3.79. The van der Waals surface area contributed by atoms with Crippen LogP contribution in [0.2, 0.25) is 10.0 Å². The summed E-state index contributed by atoms with van der Waals surface area (Å²) in [5, 5.41) is 4.22. The molecule has 28 heavy (non-hydrogen) atoms. The first kappa shape index (κ1) is 23.0. The summed E-state index contributed by atoms with van der Waals surface area (Å²) in [6, 6.07) is 5.66. The standard InChI is InChI=1S/C21H31Cl2N3O2/c1-15(18-5-6-19(22)20(23)13-18)14-26(10-4-9-24-3)21(28)17-7-11-25(12-8-17)16(2)27/h5-6,13,15,17,24H,4,7-12,14H2,1-3H3/t15-/m0/s1. The average Bonchev–Trinajstić information content (AvgIpc) is 2.68. The van der Waals surface area contributed by atoms with Crippen molar-refractivity contribution in [3.05, 3.63) is 33.8 Å². The molecule has 1 aliphatic rings. The van der Waals surface area contributed by atoms with Crippen LogP contribution in [0, 0.1) is 5.92 Å². The van der Waals surface area contributed by atoms with Crippen LogP contribution >= 0.6 is 23.2 Å². The lowest BCUT2D eigenvalue weighted by Crippen LogP contribution is -2.45. The van der Waals surface area contributed by atoms with Crippen LogP contribution < -0.4 is 5.32 Å². The van der Waals surface area contributed by atoms with Gasteiger partial charge < -0.3 is 15.1 Å². The van der Waals surface area contributed by atoms with Crippen molar-refractivity contribution < 1.29 is 9.59 Å². The van der Waals surface area contributed by atoms with Gasteiger partial charge in [0.2, 0.25) is 11.8 Å². The van der Waals surface area contributed by atoms with Crippen molar-refractivity contribution in [1.29, 1.82) is 0 Å². The second-order valence-corrected chi connectivity index (χ2v) is 8.41. The first-order valence-electron chi connectivity index (χ1n) is 9.97. The predicted molar refractivity (Wildman–Crippen MR) is 115 cm³/mol. The van der Waals surface area contributed by atoms with E-state index in [1.165, 1.54) is 0 Å². The number of likely N-dealkylation sites (tertiary alicyclic amines) is 1. The Balaban J connectivity index is 2.04. The molecule has 0 unspecified atom stereocenters. The average molecular weight is 428 g/mol. The maximum absolute atomic E-state index is 13.2. The number of hydrogen-bond acceptors (Lipinski definition) is 3. The van der Waals surface area contributed by atoms with Crippen LogP contribution in [-0.4, -0.2) is 61.4 Å². The number of nitrogens with one attached hydrogen (secondary N) is 1. The lowest BCUT2D eigenvalue weighted by molar-refractivity contribution is -0.140. The summed E-state index contributed by atoms with van der Waals surface area (Å²) >= 11 is 12.2. The summed E-state index contributed by atoms with van der Waals surface area (Å²) in [4.78, 5) is 28.6. The summed E-state index contributed by atoms with van der Waals surface area (Å²) in [6.07, 6.45) is 2.38. The van der Waals surface area contributed by atoms with Crippen LogP contribution in [0.5, 0.6) is 0 Å². The molecule has 1 aromatic rings. The topological polar surface area (TPSA) is 52.7 Å². The minimum atomic E-state index is -0.00816. The molecule has 1 saturated heterocycles. The van der Waals surface area contributed by atoms with Crippen molar-refractivity contribution in [2.75, 3.05) is 39.8 Å². The fourth-order valence-electron chi connectivity index (χ4n) is 3.69. The normalized spacial score (nSPS) is 16.1. The molecule has 5 nitrogen and oxygen atoms in total. The molecular formula is C21H31Cl2N3O2. The Morgan fingerprint density at radius 2 is 1.93 bits per heavy atom. The number of rotatable bonds is 8. The van der Waals surface area contributed by atoms with E-state index in [9.17, 15) is 9.59 Å². The third-order valence-corrected chi connectivity index (χ3v) is 6.20. The highest BCUT2D eigenvalue weighted by Crippen LogP contribution is 2.28. The summed E-state index contributed by atoms with van der Waals surface area (Å²) in [6.45, 7) is 7.26. The van der Waals surface area contributed by atoms with Crippen LogP contribution in [0.3, 0.4) is 0 Å². The molecule has 1 N–H and O–H groups in total. The Bertz CT molecular complexity index is 676. The molecule has 0 bridgehead atoms. The molecule has 1 atom stereocenters. The highest BCUT2D eigenvalue weighted by molar-refractivity contribution is 6.42. The van der Waals surface area contributed by atoms with Gasteiger partial charge in [-0.05, 0) is 56.5 Å². The Morgan fingerprint density at radius 3 is 2.50 bits per heavy atom. The molecule has 1 aliphatic heterocycles. The number of piperidine rings is 1. The second-order valence-electron chi connectivity index (χ2n) is 7.60. The molecule has 0 saturated carbocycles. The SMILES string of the molecule is CNCCCN(C[C@H](C)c1ccc(Cl)c(Cl)c1)C(=O)C1CCN(C(C)=O)CC1. The number of hydrogen-bond donors (Lipinski definition) is 1. The third kappa shape index (κ3) is 6.36. The van der Waals surface area contributed by atoms with E-state index in [0.29, 0.717) is 29.7 Å². The Labute approximate surface area is 178 Å². The highest BCUT2D eigenvalue weighted by Gasteiger charge is 2.30. The Morgan fingerprint density at radius 1 is 1.25 bits per heavy atom. The Kier molecular flexibility index (Phi) is 9.06. The molecule has 1 heterocycles. The summed E-state index contributed by atoms with van der Waals surface area (Å²) in [5.74, 6) is 0.438. The van der Waals surface area contributed by atoms with Crippen LogP contribution in [-0.2, 0) is 9.59 Å². The summed E-state index contributed by atoms with van der Waals surface area (Å²) < 4.78 is 0. The van der Waals surface area contributed by atoms with Gasteiger partial charge in [0.1, 0.15) is 0 Å². The molecule has 0 radical (unpaired) electrons. The van der Waals surface area contributed by atoms with E-state index >= 15 is 0 Å². The van der Waals surface area contributed by atoms with Crippen molar-refractivity contribution >= 4 is 35.0 Å². The lowest BCUT2D eigenvalue weighted by atomic mass is 9.94. The van der Waals surface area contributed by atoms with Gasteiger partial charge in [-0.3, -0.25) is 9.59 Å². The van der Waals surface area contributed by atoms with Crippen molar-refractivity contribution in [2.45, 2.75) is 39.0 Å². The fraction of sp³-hybridized carbons (Fsp3) is 0.619. The van der Waals surface area contributed by atoms with Gasteiger partial charge in [0.25, 0.3) is 0 Å². The zero-order chi connectivity index (χ0) is 20.7. The maximum Gasteiger partial charge on any atom is 0.225 e. The van der Waals surface area contributed by atoms with Crippen molar-refractivity contribution in [1.82, 2.24) is 15.1 Å². The number of nitrogens with zero attached hydrogens (tertiary/aromatic N) is 2. The number of carbonyl (C=O) groups excluding carboxylic acids is 2. The molecule has 0 aromatic heterocycles. The van der Waals surface area contributed by atoms with E-state index in [4.69, 9.17) is 23.2 Å². The molecule has 7 heteroatoms. The largest absolute Gasteiger partial charge is 0.343 e. The van der Waals surface area contributed by atoms with E-state index in [2.05, 4.69) is 12.2 Å². The van der Waals surface area contributed by atoms with E-state index in [1.54, 1.807) is 13.0 Å². The van der Waals surface area contributed by atoms with Gasteiger partial charge in [-0.2, -0.15) is 0 Å². The smallest absolute Gasteiger partial charge is 0.225 e. The van der Waals surface area contributed by atoms with Gasteiger partial charge in [0, 0.05) is 39.0 Å². The maximum atomic E-state index is 13.2. The van der Waals surface area contributed by atoms with E-state index in [-0.39, 0.29) is 23.7 Å². The molecule has 0 spiro atoms. The first-order valence-corrected chi connectivity index (χ1v) is 10.7. The third-order valence-electron chi connectivity index (χ3n) is 5.46. The van der Waals surface area contributed by atoms with Gasteiger partial charge in [-0.25, -0.2) is 0 Å². The monoisotopic (exact) mass is 427 g/mol. The Hall–Kier alpha value is -1.30. The minimum Gasteiger partial charge on any atom is -0.343 e. The number of benzene rings is 1. The van der Waals surface area contributed by atoms with Gasteiger partial charge in [-0.15, -0.1) is 0 Å². The second kappa shape index (κ2) is 11.0. The fourth-order valence-corrected chi connectivity index (χ4v) is 4.00. The van der Waals surface area contributed by atoms with E-state index in [0.717, 1.165) is 37.9 Å². The van der Waals surface area contributed by atoms with E-state index < -0.39 is 0 Å². The number of halogens is 2. The van der Waals surface area contributed by atoms with Gasteiger partial charge in [0.15, 0.2) is 0 Å². The summed E-state index contributed by atoms with van der Waals surface area (Å²) in [5.41, 5.74) is 1.08.